The van der Waals surface area contributed by atoms with Gasteiger partial charge in [-0.2, -0.15) is 9.90 Å². The van der Waals surface area contributed by atoms with Crippen molar-refractivity contribution in [1.82, 2.24) is 15.0 Å². The summed E-state index contributed by atoms with van der Waals surface area (Å²) in [4.78, 5) is 24.9. The van der Waals surface area contributed by atoms with Gasteiger partial charge in [-0.15, -0.1) is 5.10 Å². The third-order valence-corrected chi connectivity index (χ3v) is 3.51. The Kier molecular flexibility index (Phi) is 4.44. The molecule has 2 amide bonds. The summed E-state index contributed by atoms with van der Waals surface area (Å²) in [5.41, 5.74) is 6.04. The van der Waals surface area contributed by atoms with Crippen molar-refractivity contribution in [1.29, 1.82) is 0 Å². The highest BCUT2D eigenvalue weighted by molar-refractivity contribution is 6.31. The molecule has 1 aromatic heterocycles. The number of halogens is 2. The standard InChI is InChI=1S/C16H11ClFN5O2/c17-9-1-6-12(15(19)24)13(7-9)21-16(25)14-8-20-23(22-14)11-4-2-10(18)3-5-11/h1-8H,(H2,19,24)(H,21,25). The second-order valence-electron chi connectivity index (χ2n) is 5.00. The zero-order valence-corrected chi connectivity index (χ0v) is 13.4. The summed E-state index contributed by atoms with van der Waals surface area (Å²) < 4.78 is 13.0. The van der Waals surface area contributed by atoms with Gasteiger partial charge in [0.2, 0.25) is 0 Å². The minimum Gasteiger partial charge on any atom is -0.366 e. The van der Waals surface area contributed by atoms with E-state index in [9.17, 15) is 14.0 Å². The molecule has 3 aromatic rings. The van der Waals surface area contributed by atoms with Crippen LogP contribution in [-0.2, 0) is 0 Å². The maximum Gasteiger partial charge on any atom is 0.277 e. The first kappa shape index (κ1) is 16.6. The minimum absolute atomic E-state index is 0.000258. The van der Waals surface area contributed by atoms with Crippen molar-refractivity contribution >= 4 is 29.1 Å². The second-order valence-corrected chi connectivity index (χ2v) is 5.44. The number of hydrogen-bond acceptors (Lipinski definition) is 4. The number of benzene rings is 2. The average Bonchev–Trinajstić information content (AvgIpc) is 3.05. The fraction of sp³-hybridized carbons (Fsp3) is 0. The fourth-order valence-electron chi connectivity index (χ4n) is 2.09. The topological polar surface area (TPSA) is 103 Å². The van der Waals surface area contributed by atoms with E-state index in [4.69, 9.17) is 17.3 Å². The molecule has 0 unspecified atom stereocenters. The molecule has 0 aliphatic rings. The smallest absolute Gasteiger partial charge is 0.277 e. The lowest BCUT2D eigenvalue weighted by Gasteiger charge is -2.08. The molecular formula is C16H11ClFN5O2. The molecule has 25 heavy (non-hydrogen) atoms. The van der Waals surface area contributed by atoms with E-state index in [0.29, 0.717) is 10.7 Å². The Labute approximate surface area is 146 Å². The van der Waals surface area contributed by atoms with Gasteiger partial charge in [0, 0.05) is 5.02 Å². The molecule has 0 aliphatic carbocycles. The van der Waals surface area contributed by atoms with E-state index in [0.717, 1.165) is 0 Å². The third-order valence-electron chi connectivity index (χ3n) is 3.28. The maximum atomic E-state index is 13.0. The molecule has 0 radical (unpaired) electrons. The third kappa shape index (κ3) is 3.64. The van der Waals surface area contributed by atoms with Crippen LogP contribution in [0.4, 0.5) is 10.1 Å². The van der Waals surface area contributed by atoms with Crippen LogP contribution in [0.2, 0.25) is 5.02 Å². The summed E-state index contributed by atoms with van der Waals surface area (Å²) in [6, 6.07) is 9.76. The number of nitrogens with two attached hydrogens (primary N) is 1. The van der Waals surface area contributed by atoms with Crippen molar-refractivity contribution in [3.8, 4) is 5.69 Å². The molecule has 126 valence electrons. The number of nitrogens with zero attached hydrogens (tertiary/aromatic N) is 3. The Morgan fingerprint density at radius 2 is 1.88 bits per heavy atom. The lowest BCUT2D eigenvalue weighted by molar-refractivity contribution is 0.100. The predicted molar refractivity (Wildman–Crippen MR) is 89.2 cm³/mol. The van der Waals surface area contributed by atoms with E-state index < -0.39 is 17.6 Å². The molecule has 0 aliphatic heterocycles. The van der Waals surface area contributed by atoms with Gasteiger partial charge in [-0.1, -0.05) is 11.6 Å². The molecule has 7 nitrogen and oxygen atoms in total. The van der Waals surface area contributed by atoms with Crippen molar-refractivity contribution < 1.29 is 14.0 Å². The van der Waals surface area contributed by atoms with Crippen LogP contribution < -0.4 is 11.1 Å². The number of aromatic nitrogens is 3. The van der Waals surface area contributed by atoms with Gasteiger partial charge >= 0.3 is 0 Å². The quantitative estimate of drug-likeness (QED) is 0.746. The Morgan fingerprint density at radius 3 is 2.56 bits per heavy atom. The Balaban J connectivity index is 1.84. The first-order valence-electron chi connectivity index (χ1n) is 7.03. The minimum atomic E-state index is -0.707. The fourth-order valence-corrected chi connectivity index (χ4v) is 2.26. The molecular weight excluding hydrogens is 349 g/mol. The van der Waals surface area contributed by atoms with Gasteiger partial charge < -0.3 is 11.1 Å². The second kappa shape index (κ2) is 6.70. The van der Waals surface area contributed by atoms with Gasteiger partial charge in [-0.3, -0.25) is 9.59 Å². The Bertz CT molecular complexity index is 955. The maximum absolute atomic E-state index is 13.0. The number of hydrogen-bond donors (Lipinski definition) is 2. The number of nitrogens with one attached hydrogen (secondary N) is 1. The molecule has 0 saturated heterocycles. The molecule has 9 heteroatoms. The molecule has 0 saturated carbocycles. The zero-order valence-electron chi connectivity index (χ0n) is 12.6. The van der Waals surface area contributed by atoms with Crippen LogP contribution in [-0.4, -0.2) is 26.8 Å². The number of amides is 2. The van der Waals surface area contributed by atoms with Gasteiger partial charge in [-0.05, 0) is 42.5 Å². The number of anilines is 1. The van der Waals surface area contributed by atoms with Crippen molar-refractivity contribution in [2.24, 2.45) is 5.73 Å². The average molecular weight is 360 g/mol. The number of carbonyl (C=O) groups is 2. The molecule has 3 N–H and O–H groups in total. The van der Waals surface area contributed by atoms with Crippen LogP contribution in [0.1, 0.15) is 20.8 Å². The summed E-state index contributed by atoms with van der Waals surface area (Å²) in [6.45, 7) is 0. The summed E-state index contributed by atoms with van der Waals surface area (Å²) in [5.74, 6) is -1.70. The Morgan fingerprint density at radius 1 is 1.16 bits per heavy atom. The zero-order chi connectivity index (χ0) is 18.0. The van der Waals surface area contributed by atoms with Crippen LogP contribution in [0.5, 0.6) is 0 Å². The lowest BCUT2D eigenvalue weighted by atomic mass is 10.1. The van der Waals surface area contributed by atoms with Crippen LogP contribution in [0, 0.1) is 5.82 Å². The van der Waals surface area contributed by atoms with Crippen LogP contribution in [0.3, 0.4) is 0 Å². The first-order chi connectivity index (χ1) is 11.9. The Hall–Kier alpha value is -3.26. The van der Waals surface area contributed by atoms with Gasteiger partial charge in [0.1, 0.15) is 5.82 Å². The molecule has 3 rings (SSSR count). The highest BCUT2D eigenvalue weighted by Crippen LogP contribution is 2.21. The van der Waals surface area contributed by atoms with Crippen molar-refractivity contribution in [3.05, 3.63) is 70.8 Å². The number of carbonyl (C=O) groups excluding carboxylic acids is 2. The van der Waals surface area contributed by atoms with Crippen molar-refractivity contribution in [2.75, 3.05) is 5.32 Å². The number of primary amides is 1. The lowest BCUT2D eigenvalue weighted by Crippen LogP contribution is -2.18. The van der Waals surface area contributed by atoms with Gasteiger partial charge in [0.05, 0.1) is 23.1 Å². The summed E-state index contributed by atoms with van der Waals surface area (Å²) in [6.07, 6.45) is 1.24. The first-order valence-corrected chi connectivity index (χ1v) is 7.41. The predicted octanol–water partition coefficient (Wildman–Crippen LogP) is 2.41. The summed E-state index contributed by atoms with van der Waals surface area (Å²) in [5, 5.41) is 10.8. The molecule has 1 heterocycles. The van der Waals surface area contributed by atoms with Crippen LogP contribution in [0.15, 0.2) is 48.7 Å². The van der Waals surface area contributed by atoms with Crippen LogP contribution in [0.25, 0.3) is 5.69 Å². The van der Waals surface area contributed by atoms with Gasteiger partial charge in [0.15, 0.2) is 5.69 Å². The molecule has 0 spiro atoms. The highest BCUT2D eigenvalue weighted by atomic mass is 35.5. The summed E-state index contributed by atoms with van der Waals surface area (Å²) >= 11 is 5.88. The molecule has 0 fully saturated rings. The van der Waals surface area contributed by atoms with Gasteiger partial charge in [0.25, 0.3) is 11.8 Å². The normalized spacial score (nSPS) is 10.5. The molecule has 0 bridgehead atoms. The summed E-state index contributed by atoms with van der Waals surface area (Å²) in [7, 11) is 0. The van der Waals surface area contributed by atoms with Crippen molar-refractivity contribution in [2.45, 2.75) is 0 Å². The highest BCUT2D eigenvalue weighted by Gasteiger charge is 2.16. The van der Waals surface area contributed by atoms with E-state index in [-0.39, 0.29) is 16.9 Å². The van der Waals surface area contributed by atoms with Gasteiger partial charge in [-0.25, -0.2) is 4.39 Å². The van der Waals surface area contributed by atoms with E-state index >= 15 is 0 Å². The van der Waals surface area contributed by atoms with Crippen LogP contribution >= 0.6 is 11.6 Å². The molecule has 0 atom stereocenters. The van der Waals surface area contributed by atoms with E-state index in [2.05, 4.69) is 15.5 Å². The number of rotatable bonds is 4. The largest absolute Gasteiger partial charge is 0.366 e. The van der Waals surface area contributed by atoms with E-state index in [1.54, 1.807) is 0 Å². The SMILES string of the molecule is NC(=O)c1ccc(Cl)cc1NC(=O)c1cnn(-c2ccc(F)cc2)n1. The molecule has 2 aromatic carbocycles. The monoisotopic (exact) mass is 359 g/mol. The van der Waals surface area contributed by atoms with E-state index in [1.165, 1.54) is 53.5 Å². The van der Waals surface area contributed by atoms with E-state index in [1.807, 2.05) is 0 Å². The van der Waals surface area contributed by atoms with Crippen molar-refractivity contribution in [3.63, 3.8) is 0 Å².